The molecule has 17 heavy (non-hydrogen) atoms. The van der Waals surface area contributed by atoms with Gasteiger partial charge in [0.2, 0.25) is 0 Å². The Balaban J connectivity index is 2.49. The van der Waals surface area contributed by atoms with Crippen LogP contribution >= 0.6 is 0 Å². The summed E-state index contributed by atoms with van der Waals surface area (Å²) in [5.41, 5.74) is 5.66. The number of primary amides is 1. The van der Waals surface area contributed by atoms with Crippen molar-refractivity contribution < 1.29 is 9.18 Å². The molecule has 0 aliphatic heterocycles. The molecule has 1 heterocycles. The van der Waals surface area contributed by atoms with Crippen molar-refractivity contribution in [3.8, 4) is 11.8 Å². The van der Waals surface area contributed by atoms with Crippen molar-refractivity contribution in [3.63, 3.8) is 0 Å². The smallest absolute Gasteiger partial charge is 0.269 e. The third kappa shape index (κ3) is 2.13. The van der Waals surface area contributed by atoms with Crippen molar-refractivity contribution in [1.29, 1.82) is 5.26 Å². The van der Waals surface area contributed by atoms with Gasteiger partial charge in [-0.05, 0) is 24.3 Å². The Kier molecular flexibility index (Phi) is 2.58. The number of aromatic nitrogens is 2. The monoisotopic (exact) mass is 230 g/mol. The number of nitrogens with two attached hydrogens (primary N) is 1. The molecule has 0 saturated carbocycles. The zero-order valence-electron chi connectivity index (χ0n) is 8.59. The average molecular weight is 230 g/mol. The van der Waals surface area contributed by atoms with E-state index in [2.05, 4.69) is 5.10 Å². The number of rotatable bonds is 2. The van der Waals surface area contributed by atoms with Crippen LogP contribution in [0.4, 0.5) is 4.39 Å². The zero-order chi connectivity index (χ0) is 12.4. The SMILES string of the molecule is N#Cc1cc(F)cc(-n2ccc(C(N)=O)n2)c1. The Hall–Kier alpha value is -2.68. The van der Waals surface area contributed by atoms with Crippen molar-refractivity contribution in [2.45, 2.75) is 0 Å². The quantitative estimate of drug-likeness (QED) is 0.834. The van der Waals surface area contributed by atoms with E-state index in [4.69, 9.17) is 11.0 Å². The Morgan fingerprint density at radius 3 is 2.82 bits per heavy atom. The minimum atomic E-state index is -0.666. The van der Waals surface area contributed by atoms with Crippen molar-refractivity contribution in [1.82, 2.24) is 9.78 Å². The number of nitrogens with zero attached hydrogens (tertiary/aromatic N) is 3. The highest BCUT2D eigenvalue weighted by molar-refractivity contribution is 5.90. The van der Waals surface area contributed by atoms with Gasteiger partial charge in [-0.3, -0.25) is 4.79 Å². The van der Waals surface area contributed by atoms with E-state index >= 15 is 0 Å². The largest absolute Gasteiger partial charge is 0.364 e. The van der Waals surface area contributed by atoms with Gasteiger partial charge in [-0.25, -0.2) is 9.07 Å². The number of carbonyl (C=O) groups is 1. The standard InChI is InChI=1S/C11H7FN4O/c12-8-3-7(6-13)4-9(5-8)16-2-1-10(15-16)11(14)17/h1-5H,(H2,14,17). The maximum atomic E-state index is 13.2. The van der Waals surface area contributed by atoms with Crippen LogP contribution in [0.5, 0.6) is 0 Å². The minimum Gasteiger partial charge on any atom is -0.364 e. The highest BCUT2D eigenvalue weighted by Crippen LogP contribution is 2.12. The van der Waals surface area contributed by atoms with Gasteiger partial charge in [0.05, 0.1) is 17.3 Å². The summed E-state index contributed by atoms with van der Waals surface area (Å²) in [6.45, 7) is 0. The third-order valence-corrected chi connectivity index (χ3v) is 2.12. The molecule has 84 valence electrons. The Bertz CT molecular complexity index is 627. The molecule has 0 aliphatic carbocycles. The molecule has 0 fully saturated rings. The van der Waals surface area contributed by atoms with E-state index in [0.29, 0.717) is 5.69 Å². The number of amides is 1. The lowest BCUT2D eigenvalue weighted by molar-refractivity contribution is 0.0995. The maximum absolute atomic E-state index is 13.2. The van der Waals surface area contributed by atoms with E-state index in [1.165, 1.54) is 29.1 Å². The minimum absolute atomic E-state index is 0.0766. The summed E-state index contributed by atoms with van der Waals surface area (Å²) in [5, 5.41) is 12.6. The summed E-state index contributed by atoms with van der Waals surface area (Å²) in [4.78, 5) is 10.9. The second-order valence-corrected chi connectivity index (χ2v) is 3.32. The second kappa shape index (κ2) is 4.06. The lowest BCUT2D eigenvalue weighted by Gasteiger charge is -2.01. The molecule has 0 saturated heterocycles. The first-order chi connectivity index (χ1) is 8.10. The summed E-state index contributed by atoms with van der Waals surface area (Å²) >= 11 is 0. The fourth-order valence-corrected chi connectivity index (χ4v) is 1.37. The maximum Gasteiger partial charge on any atom is 0.269 e. The summed E-state index contributed by atoms with van der Waals surface area (Å²) in [7, 11) is 0. The first-order valence-electron chi connectivity index (χ1n) is 4.66. The third-order valence-electron chi connectivity index (χ3n) is 2.12. The zero-order valence-corrected chi connectivity index (χ0v) is 8.59. The lowest BCUT2D eigenvalue weighted by Crippen LogP contribution is -2.12. The molecule has 0 atom stereocenters. The molecule has 1 aromatic carbocycles. The number of carbonyl (C=O) groups excluding carboxylic acids is 1. The average Bonchev–Trinajstić information content (AvgIpc) is 2.77. The van der Waals surface area contributed by atoms with E-state index in [1.807, 2.05) is 6.07 Å². The van der Waals surface area contributed by atoms with Gasteiger partial charge in [0.15, 0.2) is 0 Å². The van der Waals surface area contributed by atoms with Crippen LogP contribution in [0.1, 0.15) is 16.1 Å². The number of hydrogen-bond donors (Lipinski definition) is 1. The Morgan fingerprint density at radius 2 is 2.24 bits per heavy atom. The normalized spacial score (nSPS) is 9.88. The van der Waals surface area contributed by atoms with Crippen molar-refractivity contribution in [3.05, 3.63) is 47.5 Å². The molecule has 2 rings (SSSR count). The van der Waals surface area contributed by atoms with E-state index in [0.717, 1.165) is 6.07 Å². The van der Waals surface area contributed by atoms with Crippen molar-refractivity contribution >= 4 is 5.91 Å². The van der Waals surface area contributed by atoms with E-state index in [1.54, 1.807) is 0 Å². The molecule has 0 bridgehead atoms. The van der Waals surface area contributed by atoms with Gasteiger partial charge in [0.25, 0.3) is 5.91 Å². The summed E-state index contributed by atoms with van der Waals surface area (Å²) in [5.74, 6) is -1.21. The number of benzene rings is 1. The van der Waals surface area contributed by atoms with Gasteiger partial charge in [0.1, 0.15) is 11.5 Å². The first-order valence-corrected chi connectivity index (χ1v) is 4.66. The fraction of sp³-hybridized carbons (Fsp3) is 0. The van der Waals surface area contributed by atoms with Crippen LogP contribution in [-0.2, 0) is 0 Å². The molecule has 0 spiro atoms. The number of nitriles is 1. The highest BCUT2D eigenvalue weighted by Gasteiger charge is 2.07. The molecule has 2 N–H and O–H groups in total. The van der Waals surface area contributed by atoms with Gasteiger partial charge in [-0.2, -0.15) is 10.4 Å². The fourth-order valence-electron chi connectivity index (χ4n) is 1.37. The molecule has 2 aromatic rings. The predicted molar refractivity (Wildman–Crippen MR) is 56.8 cm³/mol. The van der Waals surface area contributed by atoms with Crippen LogP contribution in [0, 0.1) is 17.1 Å². The van der Waals surface area contributed by atoms with E-state index in [-0.39, 0.29) is 11.3 Å². The van der Waals surface area contributed by atoms with Crippen LogP contribution in [-0.4, -0.2) is 15.7 Å². The summed E-state index contributed by atoms with van der Waals surface area (Å²) < 4.78 is 14.5. The van der Waals surface area contributed by atoms with Gasteiger partial charge in [-0.1, -0.05) is 0 Å². The van der Waals surface area contributed by atoms with Crippen molar-refractivity contribution in [2.24, 2.45) is 5.73 Å². The molecule has 5 nitrogen and oxygen atoms in total. The molecular formula is C11H7FN4O. The van der Waals surface area contributed by atoms with Crippen LogP contribution in [0.25, 0.3) is 5.69 Å². The van der Waals surface area contributed by atoms with Crippen LogP contribution < -0.4 is 5.73 Å². The lowest BCUT2D eigenvalue weighted by atomic mass is 10.2. The van der Waals surface area contributed by atoms with Crippen LogP contribution in [0.3, 0.4) is 0 Å². The second-order valence-electron chi connectivity index (χ2n) is 3.32. The molecule has 0 aliphatic rings. The highest BCUT2D eigenvalue weighted by atomic mass is 19.1. The first kappa shape index (κ1) is 10.8. The molecule has 0 unspecified atom stereocenters. The van der Waals surface area contributed by atoms with Gasteiger partial charge >= 0.3 is 0 Å². The summed E-state index contributed by atoms with van der Waals surface area (Å²) in [6, 6.07) is 7.03. The van der Waals surface area contributed by atoms with E-state index in [9.17, 15) is 9.18 Å². The van der Waals surface area contributed by atoms with Crippen LogP contribution in [0.2, 0.25) is 0 Å². The topological polar surface area (TPSA) is 84.7 Å². The van der Waals surface area contributed by atoms with Gasteiger partial charge in [0, 0.05) is 6.20 Å². The van der Waals surface area contributed by atoms with Gasteiger partial charge < -0.3 is 5.73 Å². The Morgan fingerprint density at radius 1 is 1.47 bits per heavy atom. The Labute approximate surface area is 95.9 Å². The summed E-state index contributed by atoms with van der Waals surface area (Å²) in [6.07, 6.45) is 1.47. The van der Waals surface area contributed by atoms with Crippen LogP contribution in [0.15, 0.2) is 30.5 Å². The molecule has 1 aromatic heterocycles. The van der Waals surface area contributed by atoms with E-state index < -0.39 is 11.7 Å². The molecule has 6 heteroatoms. The number of hydrogen-bond acceptors (Lipinski definition) is 3. The molecule has 0 radical (unpaired) electrons. The predicted octanol–water partition coefficient (Wildman–Crippen LogP) is 0.982. The molecule has 1 amide bonds. The van der Waals surface area contributed by atoms with Crippen molar-refractivity contribution in [2.75, 3.05) is 0 Å². The molecular weight excluding hydrogens is 223 g/mol. The van der Waals surface area contributed by atoms with Gasteiger partial charge in [-0.15, -0.1) is 0 Å². The number of halogens is 1.